The van der Waals surface area contributed by atoms with Crippen molar-refractivity contribution in [2.75, 3.05) is 20.8 Å². The number of nitrogens with one attached hydrogen (secondary N) is 1. The van der Waals surface area contributed by atoms with E-state index in [0.29, 0.717) is 17.7 Å². The number of esters is 2. The van der Waals surface area contributed by atoms with Gasteiger partial charge in [-0.15, -0.1) is 0 Å². The van der Waals surface area contributed by atoms with E-state index >= 15 is 0 Å². The smallest absolute Gasteiger partial charge is 0.339 e. The third-order valence-corrected chi connectivity index (χ3v) is 6.11. The Labute approximate surface area is 170 Å². The van der Waals surface area contributed by atoms with Crippen molar-refractivity contribution in [1.82, 2.24) is 15.2 Å². The SMILES string of the molecule is COC(=O)C1=CN(C(C)c2cncc(C(=O)OC)c2C)C[C@H]2[C@@H]1CC(=O)N[C@@H]2C. The van der Waals surface area contributed by atoms with Crippen molar-refractivity contribution in [3.05, 3.63) is 40.9 Å². The van der Waals surface area contributed by atoms with E-state index in [1.165, 1.54) is 20.4 Å². The number of ether oxygens (including phenoxy) is 2. The molecule has 1 fully saturated rings. The maximum atomic E-state index is 12.5. The van der Waals surface area contributed by atoms with Crippen LogP contribution in [0.5, 0.6) is 0 Å². The fraction of sp³-hybridized carbons (Fsp3) is 0.524. The number of fused-ring (bicyclic) bond motifs is 1. The van der Waals surface area contributed by atoms with Gasteiger partial charge in [-0.05, 0) is 31.9 Å². The highest BCUT2D eigenvalue weighted by Gasteiger charge is 2.43. The number of aromatic nitrogens is 1. The third kappa shape index (κ3) is 3.83. The topological polar surface area (TPSA) is 97.8 Å². The zero-order valence-electron chi connectivity index (χ0n) is 17.4. The van der Waals surface area contributed by atoms with Gasteiger partial charge in [0.2, 0.25) is 5.91 Å². The minimum atomic E-state index is -0.433. The van der Waals surface area contributed by atoms with E-state index in [2.05, 4.69) is 15.2 Å². The fourth-order valence-electron chi connectivity index (χ4n) is 4.36. The molecule has 8 nitrogen and oxygen atoms in total. The zero-order valence-corrected chi connectivity index (χ0v) is 17.4. The number of carbonyl (C=O) groups is 3. The summed E-state index contributed by atoms with van der Waals surface area (Å²) in [5, 5.41) is 2.98. The Balaban J connectivity index is 2.00. The number of rotatable bonds is 4. The lowest BCUT2D eigenvalue weighted by Crippen LogP contribution is -2.54. The molecule has 1 saturated heterocycles. The van der Waals surface area contributed by atoms with Crippen LogP contribution in [0.1, 0.15) is 47.8 Å². The molecule has 2 aliphatic heterocycles. The number of amides is 1. The molecule has 0 aromatic carbocycles. The summed E-state index contributed by atoms with van der Waals surface area (Å²) in [5.41, 5.74) is 2.59. The van der Waals surface area contributed by atoms with Crippen LogP contribution in [0.2, 0.25) is 0 Å². The highest BCUT2D eigenvalue weighted by atomic mass is 16.5. The number of piperidine rings is 1. The molecule has 1 unspecified atom stereocenters. The quantitative estimate of drug-likeness (QED) is 0.768. The zero-order chi connectivity index (χ0) is 21.3. The van der Waals surface area contributed by atoms with Gasteiger partial charge in [-0.1, -0.05) is 0 Å². The Hall–Kier alpha value is -2.90. The molecule has 1 aromatic rings. The van der Waals surface area contributed by atoms with Crippen molar-refractivity contribution < 1.29 is 23.9 Å². The molecule has 0 saturated carbocycles. The van der Waals surface area contributed by atoms with Gasteiger partial charge in [-0.2, -0.15) is 0 Å². The number of hydrogen-bond acceptors (Lipinski definition) is 7. The Morgan fingerprint density at radius 3 is 2.59 bits per heavy atom. The largest absolute Gasteiger partial charge is 0.466 e. The summed E-state index contributed by atoms with van der Waals surface area (Å²) in [6.45, 7) is 6.49. The normalized spacial score (nSPS) is 24.7. The Kier molecular flexibility index (Phi) is 5.91. The van der Waals surface area contributed by atoms with Crippen LogP contribution in [0.3, 0.4) is 0 Å². The average molecular weight is 401 g/mol. The van der Waals surface area contributed by atoms with E-state index < -0.39 is 11.9 Å². The molecule has 3 rings (SSSR count). The van der Waals surface area contributed by atoms with Crippen molar-refractivity contribution >= 4 is 17.8 Å². The first-order valence-electron chi connectivity index (χ1n) is 9.66. The van der Waals surface area contributed by atoms with Crippen molar-refractivity contribution in [2.45, 2.75) is 39.3 Å². The molecule has 1 amide bonds. The van der Waals surface area contributed by atoms with Crippen LogP contribution < -0.4 is 5.32 Å². The summed E-state index contributed by atoms with van der Waals surface area (Å²) < 4.78 is 9.84. The number of carbonyl (C=O) groups excluding carboxylic acids is 3. The van der Waals surface area contributed by atoms with E-state index in [1.54, 1.807) is 12.4 Å². The van der Waals surface area contributed by atoms with Gasteiger partial charge in [0.25, 0.3) is 0 Å². The van der Waals surface area contributed by atoms with Crippen LogP contribution in [-0.4, -0.2) is 54.5 Å². The molecule has 8 heteroatoms. The standard InChI is InChI=1S/C21H27N3O5/c1-11-15(7-22-8-16(11)20(26)28-4)13(3)24-9-17-12(2)23-19(25)6-14(17)18(10-24)21(27)29-5/h7-8,10,12-14,17H,6,9H2,1-5H3,(H,23,25)/t12-,13?,14+,17-/m1/s1. The number of nitrogens with zero attached hydrogens (tertiary/aromatic N) is 2. The molecule has 156 valence electrons. The average Bonchev–Trinajstić information content (AvgIpc) is 2.71. The summed E-state index contributed by atoms with van der Waals surface area (Å²) >= 11 is 0. The molecule has 0 spiro atoms. The second-order valence-corrected chi connectivity index (χ2v) is 7.67. The molecule has 3 heterocycles. The second-order valence-electron chi connectivity index (χ2n) is 7.67. The minimum absolute atomic E-state index is 0.0547. The number of hydrogen-bond donors (Lipinski definition) is 1. The first-order valence-corrected chi connectivity index (χ1v) is 9.66. The van der Waals surface area contributed by atoms with Gasteiger partial charge >= 0.3 is 11.9 Å². The van der Waals surface area contributed by atoms with E-state index in [4.69, 9.17) is 9.47 Å². The van der Waals surface area contributed by atoms with Gasteiger partial charge in [0, 0.05) is 49.4 Å². The second kappa shape index (κ2) is 8.23. The summed E-state index contributed by atoms with van der Waals surface area (Å²) in [6, 6.07) is -0.206. The molecular weight excluding hydrogens is 374 g/mol. The Bertz CT molecular complexity index is 866. The summed E-state index contributed by atoms with van der Waals surface area (Å²) in [7, 11) is 2.69. The van der Waals surface area contributed by atoms with Crippen LogP contribution in [0.25, 0.3) is 0 Å². The van der Waals surface area contributed by atoms with E-state index in [-0.39, 0.29) is 36.2 Å². The van der Waals surface area contributed by atoms with Crippen LogP contribution in [0.4, 0.5) is 0 Å². The molecular formula is C21H27N3O5. The third-order valence-electron chi connectivity index (χ3n) is 6.11. The van der Waals surface area contributed by atoms with Gasteiger partial charge in [0.15, 0.2) is 0 Å². The van der Waals surface area contributed by atoms with E-state index in [1.807, 2.05) is 20.8 Å². The summed E-state index contributed by atoms with van der Waals surface area (Å²) in [4.78, 5) is 42.8. The summed E-state index contributed by atoms with van der Waals surface area (Å²) in [5.74, 6) is -1.00. The van der Waals surface area contributed by atoms with E-state index in [0.717, 1.165) is 11.1 Å². The maximum Gasteiger partial charge on any atom is 0.339 e. The van der Waals surface area contributed by atoms with Crippen LogP contribution in [0.15, 0.2) is 24.2 Å². The lowest BCUT2D eigenvalue weighted by atomic mass is 9.74. The first-order chi connectivity index (χ1) is 13.8. The maximum absolute atomic E-state index is 12.5. The minimum Gasteiger partial charge on any atom is -0.466 e. The molecule has 0 aliphatic carbocycles. The van der Waals surface area contributed by atoms with Crippen molar-refractivity contribution in [3.8, 4) is 0 Å². The monoisotopic (exact) mass is 401 g/mol. The van der Waals surface area contributed by atoms with Crippen LogP contribution in [-0.2, 0) is 19.1 Å². The van der Waals surface area contributed by atoms with E-state index in [9.17, 15) is 14.4 Å². The predicted molar refractivity (Wildman–Crippen MR) is 105 cm³/mol. The molecule has 29 heavy (non-hydrogen) atoms. The Morgan fingerprint density at radius 2 is 1.93 bits per heavy atom. The molecule has 4 atom stereocenters. The molecule has 0 bridgehead atoms. The molecule has 0 radical (unpaired) electrons. The fourth-order valence-corrected chi connectivity index (χ4v) is 4.36. The van der Waals surface area contributed by atoms with Gasteiger partial charge < -0.3 is 19.7 Å². The molecule has 2 aliphatic rings. The van der Waals surface area contributed by atoms with Crippen LogP contribution in [0, 0.1) is 18.8 Å². The van der Waals surface area contributed by atoms with Gasteiger partial charge in [0.05, 0.1) is 31.4 Å². The van der Waals surface area contributed by atoms with Crippen LogP contribution >= 0.6 is 0 Å². The van der Waals surface area contributed by atoms with Gasteiger partial charge in [-0.3, -0.25) is 9.78 Å². The summed E-state index contributed by atoms with van der Waals surface area (Å²) in [6.07, 6.45) is 5.30. The lowest BCUT2D eigenvalue weighted by Gasteiger charge is -2.45. The van der Waals surface area contributed by atoms with Crippen molar-refractivity contribution in [2.24, 2.45) is 11.8 Å². The predicted octanol–water partition coefficient (Wildman–Crippen LogP) is 1.75. The highest BCUT2D eigenvalue weighted by Crippen LogP contribution is 2.39. The molecule has 1 N–H and O–H groups in total. The Morgan fingerprint density at radius 1 is 1.24 bits per heavy atom. The highest BCUT2D eigenvalue weighted by molar-refractivity contribution is 5.91. The van der Waals surface area contributed by atoms with Gasteiger partial charge in [0.1, 0.15) is 0 Å². The van der Waals surface area contributed by atoms with Gasteiger partial charge in [-0.25, -0.2) is 9.59 Å². The molecule has 1 aromatic heterocycles. The number of methoxy groups -OCH3 is 2. The van der Waals surface area contributed by atoms with Crippen molar-refractivity contribution in [3.63, 3.8) is 0 Å². The van der Waals surface area contributed by atoms with Crippen molar-refractivity contribution in [1.29, 1.82) is 0 Å². The number of pyridine rings is 1. The first kappa shape index (κ1) is 20.8. The lowest BCUT2D eigenvalue weighted by molar-refractivity contribution is -0.138.